The second kappa shape index (κ2) is 7.92. The van der Waals surface area contributed by atoms with E-state index in [0.717, 1.165) is 25.2 Å². The molecule has 134 valence electrons. The molecule has 1 saturated heterocycles. The molecule has 1 saturated carbocycles. The normalized spacial score (nSPS) is 32.0. The van der Waals surface area contributed by atoms with Crippen LogP contribution in [-0.2, 0) is 0 Å². The largest absolute Gasteiger partial charge is 0.329 e. The summed E-state index contributed by atoms with van der Waals surface area (Å²) in [6.45, 7) is 7.39. The Bertz CT molecular complexity index is 538. The van der Waals surface area contributed by atoms with E-state index in [1.54, 1.807) is 0 Å². The zero-order valence-electron chi connectivity index (χ0n) is 15.6. The van der Waals surface area contributed by atoms with Gasteiger partial charge in [0.05, 0.1) is 0 Å². The van der Waals surface area contributed by atoms with Gasteiger partial charge in [-0.15, -0.1) is 0 Å². The fourth-order valence-electron chi connectivity index (χ4n) is 4.85. The van der Waals surface area contributed by atoms with Crippen LogP contribution in [0.4, 0.5) is 0 Å². The molecule has 2 heterocycles. The average Bonchev–Trinajstić information content (AvgIpc) is 3.05. The minimum absolute atomic E-state index is 0.437. The van der Waals surface area contributed by atoms with Gasteiger partial charge < -0.3 is 11.1 Å². The number of rotatable bonds is 4. The van der Waals surface area contributed by atoms with E-state index in [0.29, 0.717) is 29.8 Å². The smallest absolute Gasteiger partial charge is 0.125 e. The third-order valence-electron chi connectivity index (χ3n) is 6.12. The zero-order valence-corrected chi connectivity index (χ0v) is 15.6. The molecule has 0 aromatic carbocycles. The summed E-state index contributed by atoms with van der Waals surface area (Å²) in [6.07, 6.45) is 8.79. The van der Waals surface area contributed by atoms with Crippen molar-refractivity contribution in [2.24, 2.45) is 11.7 Å². The molecule has 24 heavy (non-hydrogen) atoms. The summed E-state index contributed by atoms with van der Waals surface area (Å²) in [7, 11) is 0. The molecule has 1 aliphatic carbocycles. The molecule has 4 nitrogen and oxygen atoms in total. The van der Waals surface area contributed by atoms with Gasteiger partial charge in [-0.1, -0.05) is 26.2 Å². The number of nitrogens with zero attached hydrogens (tertiary/aromatic N) is 2. The van der Waals surface area contributed by atoms with Gasteiger partial charge in [0.15, 0.2) is 0 Å². The van der Waals surface area contributed by atoms with Gasteiger partial charge in [0.1, 0.15) is 5.82 Å². The van der Waals surface area contributed by atoms with E-state index in [1.807, 2.05) is 0 Å². The van der Waals surface area contributed by atoms with Crippen LogP contribution in [0.3, 0.4) is 0 Å². The number of nitrogens with one attached hydrogen (secondary N) is 1. The first-order valence-corrected chi connectivity index (χ1v) is 9.92. The summed E-state index contributed by atoms with van der Waals surface area (Å²) in [4.78, 5) is 9.67. The Morgan fingerprint density at radius 2 is 1.88 bits per heavy atom. The van der Waals surface area contributed by atoms with Crippen molar-refractivity contribution in [3.8, 4) is 0 Å². The van der Waals surface area contributed by atoms with Crippen LogP contribution in [0.15, 0.2) is 6.07 Å². The van der Waals surface area contributed by atoms with Crippen molar-refractivity contribution in [3.63, 3.8) is 0 Å². The predicted molar refractivity (Wildman–Crippen MR) is 99.2 cm³/mol. The summed E-state index contributed by atoms with van der Waals surface area (Å²) < 4.78 is 0. The second-order valence-electron chi connectivity index (χ2n) is 7.99. The third kappa shape index (κ3) is 3.97. The number of nitrogens with two attached hydrogens (primary N) is 1. The van der Waals surface area contributed by atoms with Gasteiger partial charge in [-0.3, -0.25) is 0 Å². The molecule has 2 fully saturated rings. The highest BCUT2D eigenvalue weighted by molar-refractivity contribution is 5.20. The van der Waals surface area contributed by atoms with E-state index in [-0.39, 0.29) is 0 Å². The maximum atomic E-state index is 5.98. The number of hydrogen-bond acceptors (Lipinski definition) is 4. The Morgan fingerprint density at radius 3 is 2.54 bits per heavy atom. The molecular weight excluding hydrogens is 296 g/mol. The van der Waals surface area contributed by atoms with Gasteiger partial charge >= 0.3 is 0 Å². The Hall–Kier alpha value is -1.00. The van der Waals surface area contributed by atoms with Crippen LogP contribution in [0.5, 0.6) is 0 Å². The van der Waals surface area contributed by atoms with Gasteiger partial charge in [-0.25, -0.2) is 9.97 Å². The molecule has 0 radical (unpaired) electrons. The van der Waals surface area contributed by atoms with E-state index in [4.69, 9.17) is 15.7 Å². The SMILES string of the molecule is CCC1C[C@H](CN)N[C@H](C)C[C@@H]1c1cc(C2CCCC2)nc(C)n1. The van der Waals surface area contributed by atoms with Crippen LogP contribution in [-0.4, -0.2) is 28.6 Å². The lowest BCUT2D eigenvalue weighted by Gasteiger charge is -2.26. The molecule has 2 aliphatic rings. The lowest BCUT2D eigenvalue weighted by atomic mass is 9.80. The van der Waals surface area contributed by atoms with Crippen molar-refractivity contribution in [2.75, 3.05) is 6.54 Å². The third-order valence-corrected chi connectivity index (χ3v) is 6.12. The number of aryl methyl sites for hydroxylation is 1. The maximum absolute atomic E-state index is 5.98. The van der Waals surface area contributed by atoms with Crippen LogP contribution in [0.1, 0.15) is 87.8 Å². The highest BCUT2D eigenvalue weighted by atomic mass is 15.0. The highest BCUT2D eigenvalue weighted by Crippen LogP contribution is 2.38. The van der Waals surface area contributed by atoms with Crippen LogP contribution in [0.2, 0.25) is 0 Å². The van der Waals surface area contributed by atoms with Gasteiger partial charge in [0, 0.05) is 41.9 Å². The van der Waals surface area contributed by atoms with E-state index in [9.17, 15) is 0 Å². The molecule has 0 amide bonds. The Kier molecular flexibility index (Phi) is 5.88. The quantitative estimate of drug-likeness (QED) is 0.884. The van der Waals surface area contributed by atoms with Crippen LogP contribution >= 0.6 is 0 Å². The fourth-order valence-corrected chi connectivity index (χ4v) is 4.85. The van der Waals surface area contributed by atoms with E-state index in [2.05, 4.69) is 32.2 Å². The van der Waals surface area contributed by atoms with Gasteiger partial charge in [-0.2, -0.15) is 0 Å². The van der Waals surface area contributed by atoms with E-state index in [1.165, 1.54) is 43.5 Å². The number of hydrogen-bond donors (Lipinski definition) is 2. The monoisotopic (exact) mass is 330 g/mol. The summed E-state index contributed by atoms with van der Waals surface area (Å²) in [5.41, 5.74) is 8.56. The van der Waals surface area contributed by atoms with E-state index < -0.39 is 0 Å². The molecule has 4 heteroatoms. The lowest BCUT2D eigenvalue weighted by molar-refractivity contribution is 0.361. The zero-order chi connectivity index (χ0) is 17.1. The topological polar surface area (TPSA) is 63.8 Å². The number of aromatic nitrogens is 2. The molecule has 4 atom stereocenters. The first kappa shape index (κ1) is 17.8. The van der Waals surface area contributed by atoms with Crippen LogP contribution in [0.25, 0.3) is 0 Å². The minimum Gasteiger partial charge on any atom is -0.329 e. The highest BCUT2D eigenvalue weighted by Gasteiger charge is 2.32. The van der Waals surface area contributed by atoms with Crippen LogP contribution in [0, 0.1) is 12.8 Å². The lowest BCUT2D eigenvalue weighted by Crippen LogP contribution is -2.40. The Balaban J connectivity index is 1.90. The van der Waals surface area contributed by atoms with Crippen molar-refractivity contribution in [1.29, 1.82) is 0 Å². The molecule has 0 bridgehead atoms. The first-order valence-electron chi connectivity index (χ1n) is 9.92. The Morgan fingerprint density at radius 1 is 1.17 bits per heavy atom. The summed E-state index contributed by atoms with van der Waals surface area (Å²) >= 11 is 0. The van der Waals surface area contributed by atoms with Gasteiger partial charge in [0.2, 0.25) is 0 Å². The second-order valence-corrected chi connectivity index (χ2v) is 7.99. The van der Waals surface area contributed by atoms with Crippen molar-refractivity contribution in [1.82, 2.24) is 15.3 Å². The van der Waals surface area contributed by atoms with Crippen molar-refractivity contribution in [3.05, 3.63) is 23.3 Å². The molecule has 0 spiro atoms. The maximum Gasteiger partial charge on any atom is 0.125 e. The fraction of sp³-hybridized carbons (Fsp3) is 0.800. The Labute approximate surface area is 147 Å². The summed E-state index contributed by atoms with van der Waals surface area (Å²) in [5.74, 6) is 2.78. The summed E-state index contributed by atoms with van der Waals surface area (Å²) in [5, 5.41) is 3.71. The van der Waals surface area contributed by atoms with E-state index >= 15 is 0 Å². The van der Waals surface area contributed by atoms with Crippen LogP contribution < -0.4 is 11.1 Å². The van der Waals surface area contributed by atoms with Gasteiger partial charge in [0.25, 0.3) is 0 Å². The first-order chi connectivity index (χ1) is 11.6. The molecule has 3 N–H and O–H groups in total. The molecule has 1 aromatic heterocycles. The van der Waals surface area contributed by atoms with Gasteiger partial charge in [-0.05, 0) is 51.5 Å². The average molecular weight is 331 g/mol. The van der Waals surface area contributed by atoms with Crippen molar-refractivity contribution in [2.45, 2.75) is 89.6 Å². The molecule has 1 unspecified atom stereocenters. The molecule has 1 aromatic rings. The van der Waals surface area contributed by atoms with Crippen molar-refractivity contribution < 1.29 is 0 Å². The van der Waals surface area contributed by atoms with Crippen molar-refractivity contribution >= 4 is 0 Å². The molecule has 3 rings (SSSR count). The standard InChI is InChI=1S/C20H34N4/c1-4-15-10-17(12-21)22-13(2)9-18(15)20-11-19(23-14(3)24-20)16-7-5-6-8-16/h11,13,15-18,22H,4-10,12,21H2,1-3H3/t13-,15?,17-,18+/m1/s1. The molecule has 1 aliphatic heterocycles. The summed E-state index contributed by atoms with van der Waals surface area (Å²) in [6, 6.07) is 3.27. The predicted octanol–water partition coefficient (Wildman–Crippen LogP) is 3.65. The minimum atomic E-state index is 0.437. The molecular formula is C20H34N4.